The highest BCUT2D eigenvalue weighted by Crippen LogP contribution is 2.11. The number of allylic oxidation sites excluding steroid dienone is 5. The number of aliphatic hydroxyl groups excluding tert-OH is 2. The van der Waals surface area contributed by atoms with E-state index in [0.29, 0.717) is 0 Å². The number of hydrogen-bond acceptors (Lipinski definition) is 4. The molecule has 0 radical (unpaired) electrons. The highest BCUT2D eigenvalue weighted by Gasteiger charge is 2.05. The maximum atomic E-state index is 11.5. The lowest BCUT2D eigenvalue weighted by atomic mass is 10.1. The van der Waals surface area contributed by atoms with Gasteiger partial charge in [-0.05, 0) is 53.4 Å². The van der Waals surface area contributed by atoms with Crippen LogP contribution in [0.25, 0.3) is 0 Å². The molecule has 2 N–H and O–H groups in total. The molecule has 0 saturated heterocycles. The van der Waals surface area contributed by atoms with Crippen LogP contribution in [-0.4, -0.2) is 35.5 Å². The third-order valence-electron chi connectivity index (χ3n) is 3.12. The van der Waals surface area contributed by atoms with E-state index in [1.165, 1.54) is 17.2 Å². The standard InChI is InChI=1S/C18H30O4/c1-14(2)7-5-8-15(3)9-6-10-16(4)11-18(21)22-13-17(20)12-19/h7,9,11,17,19-20H,5-6,8,10,12-13H2,1-4H3. The van der Waals surface area contributed by atoms with Crippen molar-refractivity contribution in [1.29, 1.82) is 0 Å². The van der Waals surface area contributed by atoms with Crippen LogP contribution in [0.4, 0.5) is 0 Å². The highest BCUT2D eigenvalue weighted by atomic mass is 16.5. The van der Waals surface area contributed by atoms with Crippen molar-refractivity contribution in [2.24, 2.45) is 0 Å². The molecule has 0 bridgehead atoms. The van der Waals surface area contributed by atoms with E-state index < -0.39 is 18.7 Å². The molecule has 126 valence electrons. The van der Waals surface area contributed by atoms with Crippen molar-refractivity contribution in [2.75, 3.05) is 13.2 Å². The molecular formula is C18H30O4. The fourth-order valence-electron chi connectivity index (χ4n) is 1.78. The molecule has 0 heterocycles. The van der Waals surface area contributed by atoms with Crippen LogP contribution < -0.4 is 0 Å². The predicted octanol–water partition coefficient (Wildman–Crippen LogP) is 3.30. The molecule has 0 aromatic carbocycles. The van der Waals surface area contributed by atoms with Gasteiger partial charge in [0.2, 0.25) is 0 Å². The van der Waals surface area contributed by atoms with Crippen LogP contribution in [0.5, 0.6) is 0 Å². The number of carbonyl (C=O) groups is 1. The summed E-state index contributed by atoms with van der Waals surface area (Å²) in [5.41, 5.74) is 3.65. The topological polar surface area (TPSA) is 66.8 Å². The molecule has 0 amide bonds. The summed E-state index contributed by atoms with van der Waals surface area (Å²) in [5.74, 6) is -0.478. The van der Waals surface area contributed by atoms with E-state index >= 15 is 0 Å². The van der Waals surface area contributed by atoms with Gasteiger partial charge >= 0.3 is 5.97 Å². The van der Waals surface area contributed by atoms with E-state index in [1.54, 1.807) is 0 Å². The summed E-state index contributed by atoms with van der Waals surface area (Å²) in [6, 6.07) is 0. The second-order valence-corrected chi connectivity index (χ2v) is 5.87. The molecule has 1 atom stereocenters. The van der Waals surface area contributed by atoms with E-state index in [-0.39, 0.29) is 6.61 Å². The Morgan fingerprint density at radius 1 is 1.05 bits per heavy atom. The average molecular weight is 310 g/mol. The Labute approximate surface area is 134 Å². The summed E-state index contributed by atoms with van der Waals surface area (Å²) >= 11 is 0. The number of ether oxygens (including phenoxy) is 1. The second-order valence-electron chi connectivity index (χ2n) is 5.87. The highest BCUT2D eigenvalue weighted by molar-refractivity contribution is 5.82. The second kappa shape index (κ2) is 12.2. The monoisotopic (exact) mass is 310 g/mol. The van der Waals surface area contributed by atoms with Crippen molar-refractivity contribution < 1.29 is 19.7 Å². The molecule has 1 unspecified atom stereocenters. The summed E-state index contributed by atoms with van der Waals surface area (Å²) in [6.45, 7) is 7.63. The van der Waals surface area contributed by atoms with Crippen LogP contribution in [0.1, 0.15) is 53.4 Å². The van der Waals surface area contributed by atoms with Crippen molar-refractivity contribution in [2.45, 2.75) is 59.5 Å². The molecule has 0 aliphatic heterocycles. The van der Waals surface area contributed by atoms with Crippen molar-refractivity contribution in [3.8, 4) is 0 Å². The first-order valence-corrected chi connectivity index (χ1v) is 7.77. The Bertz CT molecular complexity index is 415. The van der Waals surface area contributed by atoms with E-state index in [4.69, 9.17) is 14.9 Å². The van der Waals surface area contributed by atoms with Crippen LogP contribution in [0, 0.1) is 0 Å². The van der Waals surface area contributed by atoms with Gasteiger partial charge in [0, 0.05) is 6.08 Å². The number of rotatable bonds is 10. The normalized spacial score (nSPS) is 13.7. The molecule has 4 heteroatoms. The number of aliphatic hydroxyl groups is 2. The molecule has 0 rings (SSSR count). The zero-order chi connectivity index (χ0) is 17.0. The quantitative estimate of drug-likeness (QED) is 0.369. The third kappa shape index (κ3) is 12.4. The molecule has 0 aromatic heterocycles. The minimum Gasteiger partial charge on any atom is -0.460 e. The summed E-state index contributed by atoms with van der Waals surface area (Å²) in [6.07, 6.45) is 8.71. The smallest absolute Gasteiger partial charge is 0.330 e. The lowest BCUT2D eigenvalue weighted by Gasteiger charge is -2.07. The lowest BCUT2D eigenvalue weighted by Crippen LogP contribution is -2.21. The van der Waals surface area contributed by atoms with Gasteiger partial charge in [-0.1, -0.05) is 28.9 Å². The largest absolute Gasteiger partial charge is 0.460 e. The minimum absolute atomic E-state index is 0.178. The summed E-state index contributed by atoms with van der Waals surface area (Å²) in [7, 11) is 0. The average Bonchev–Trinajstić information content (AvgIpc) is 2.44. The van der Waals surface area contributed by atoms with Crippen LogP contribution in [-0.2, 0) is 9.53 Å². The van der Waals surface area contributed by atoms with Gasteiger partial charge < -0.3 is 14.9 Å². The van der Waals surface area contributed by atoms with Crippen LogP contribution >= 0.6 is 0 Å². The zero-order valence-corrected chi connectivity index (χ0v) is 14.3. The first-order valence-electron chi connectivity index (χ1n) is 7.77. The van der Waals surface area contributed by atoms with Crippen LogP contribution in [0.3, 0.4) is 0 Å². The van der Waals surface area contributed by atoms with Crippen molar-refractivity contribution in [1.82, 2.24) is 0 Å². The molecule has 0 saturated carbocycles. The Morgan fingerprint density at radius 2 is 1.64 bits per heavy atom. The van der Waals surface area contributed by atoms with Crippen molar-refractivity contribution >= 4 is 5.97 Å². The first-order chi connectivity index (χ1) is 10.3. The SMILES string of the molecule is CC(C)=CCCC(C)=CCCC(C)=CC(=O)OCC(O)CO. The molecule has 0 spiro atoms. The number of esters is 1. The van der Waals surface area contributed by atoms with Gasteiger partial charge in [0.05, 0.1) is 6.61 Å². The van der Waals surface area contributed by atoms with E-state index in [9.17, 15) is 4.79 Å². The van der Waals surface area contributed by atoms with Crippen molar-refractivity contribution in [3.05, 3.63) is 34.9 Å². The van der Waals surface area contributed by atoms with Gasteiger partial charge in [0.25, 0.3) is 0 Å². The Hall–Kier alpha value is -1.39. The Morgan fingerprint density at radius 3 is 2.23 bits per heavy atom. The van der Waals surface area contributed by atoms with Crippen molar-refractivity contribution in [3.63, 3.8) is 0 Å². The molecule has 0 fully saturated rings. The maximum absolute atomic E-state index is 11.5. The van der Waals surface area contributed by atoms with E-state index in [2.05, 4.69) is 32.9 Å². The fraction of sp³-hybridized carbons (Fsp3) is 0.611. The molecule has 0 aliphatic rings. The Balaban J connectivity index is 4.05. The van der Waals surface area contributed by atoms with Gasteiger partial charge in [-0.15, -0.1) is 0 Å². The van der Waals surface area contributed by atoms with Gasteiger partial charge in [-0.2, -0.15) is 0 Å². The molecule has 0 aromatic rings. The van der Waals surface area contributed by atoms with Gasteiger partial charge in [-0.3, -0.25) is 0 Å². The molecule has 4 nitrogen and oxygen atoms in total. The molecular weight excluding hydrogens is 280 g/mol. The first kappa shape index (κ1) is 20.6. The minimum atomic E-state index is -1.01. The summed E-state index contributed by atoms with van der Waals surface area (Å²) in [4.78, 5) is 11.5. The van der Waals surface area contributed by atoms with Gasteiger partial charge in [-0.25, -0.2) is 4.79 Å². The Kier molecular flexibility index (Phi) is 11.4. The van der Waals surface area contributed by atoms with E-state index in [1.807, 2.05) is 6.92 Å². The zero-order valence-electron chi connectivity index (χ0n) is 14.3. The van der Waals surface area contributed by atoms with Gasteiger partial charge in [0.1, 0.15) is 12.7 Å². The van der Waals surface area contributed by atoms with E-state index in [0.717, 1.165) is 31.3 Å². The van der Waals surface area contributed by atoms with Crippen LogP contribution in [0.15, 0.2) is 34.9 Å². The molecule has 22 heavy (non-hydrogen) atoms. The summed E-state index contributed by atoms with van der Waals surface area (Å²) in [5, 5.41) is 17.7. The fourth-order valence-corrected chi connectivity index (χ4v) is 1.78. The predicted molar refractivity (Wildman–Crippen MR) is 89.5 cm³/mol. The van der Waals surface area contributed by atoms with Crippen LogP contribution in [0.2, 0.25) is 0 Å². The maximum Gasteiger partial charge on any atom is 0.330 e. The third-order valence-corrected chi connectivity index (χ3v) is 3.12. The lowest BCUT2D eigenvalue weighted by molar-refractivity contribution is -0.141. The molecule has 0 aliphatic carbocycles. The van der Waals surface area contributed by atoms with Gasteiger partial charge in [0.15, 0.2) is 0 Å². The number of carbonyl (C=O) groups excluding carboxylic acids is 1. The number of hydrogen-bond donors (Lipinski definition) is 2. The summed E-state index contributed by atoms with van der Waals surface area (Å²) < 4.78 is 4.82.